The highest BCUT2D eigenvalue weighted by Gasteiger charge is 2.35. The molecule has 1 heterocycles. The van der Waals surface area contributed by atoms with Crippen LogP contribution in [0.4, 0.5) is 0 Å². The Morgan fingerprint density at radius 3 is 2.17 bits per heavy atom. The van der Waals surface area contributed by atoms with Gasteiger partial charge in [0.15, 0.2) is 0 Å². The van der Waals surface area contributed by atoms with Crippen molar-refractivity contribution >= 4 is 5.91 Å². The Balaban J connectivity index is 1.60. The third kappa shape index (κ3) is 3.65. The predicted molar refractivity (Wildman–Crippen MR) is 94.4 cm³/mol. The minimum atomic E-state index is -0.302. The molecule has 122 valence electrons. The maximum atomic E-state index is 12.5. The lowest BCUT2D eigenvalue weighted by Crippen LogP contribution is -2.42. The molecule has 24 heavy (non-hydrogen) atoms. The zero-order valence-electron chi connectivity index (χ0n) is 13.8. The molecular weight excluding hydrogens is 296 g/mol. The van der Waals surface area contributed by atoms with Crippen molar-refractivity contribution in [2.75, 3.05) is 13.1 Å². The Morgan fingerprint density at radius 2 is 1.58 bits per heavy atom. The molecule has 0 bridgehead atoms. The summed E-state index contributed by atoms with van der Waals surface area (Å²) in [5, 5.41) is 9.71. The Morgan fingerprint density at radius 1 is 1.00 bits per heavy atom. The van der Waals surface area contributed by atoms with Gasteiger partial charge in [0.1, 0.15) is 0 Å². The summed E-state index contributed by atoms with van der Waals surface area (Å²) in [5.74, 6) is 0.0743. The molecule has 0 aromatic heterocycles. The van der Waals surface area contributed by atoms with Crippen LogP contribution >= 0.6 is 0 Å². The van der Waals surface area contributed by atoms with Crippen LogP contribution in [0.3, 0.4) is 0 Å². The Hall–Kier alpha value is -2.60. The second-order valence-corrected chi connectivity index (χ2v) is 6.54. The highest BCUT2D eigenvalue weighted by Crippen LogP contribution is 2.36. The number of nitriles is 1. The summed E-state index contributed by atoms with van der Waals surface area (Å²) in [4.78, 5) is 14.4. The molecule has 0 radical (unpaired) electrons. The first-order valence-corrected chi connectivity index (χ1v) is 8.52. The molecule has 1 fully saturated rings. The number of piperidine rings is 1. The third-order valence-electron chi connectivity index (χ3n) is 5.00. The standard InChI is InChI=1S/C21H22N2O/c22-17-21(12-11-18-7-3-1-4-8-18)13-15-23(16-14-21)20(24)19-9-5-2-6-10-19/h1-10H,11-16H2. The number of carbonyl (C=O) groups is 1. The molecule has 0 unspecified atom stereocenters. The summed E-state index contributed by atoms with van der Waals surface area (Å²) < 4.78 is 0. The molecule has 1 aliphatic rings. The number of nitrogens with zero attached hydrogens (tertiary/aromatic N) is 2. The SMILES string of the molecule is N#CC1(CCc2ccccc2)CCN(C(=O)c2ccccc2)CC1. The predicted octanol–water partition coefficient (Wildman–Crippen LogP) is 4.07. The van der Waals surface area contributed by atoms with Crippen molar-refractivity contribution in [2.24, 2.45) is 5.41 Å². The van der Waals surface area contributed by atoms with E-state index in [4.69, 9.17) is 0 Å². The van der Waals surface area contributed by atoms with Gasteiger partial charge in [-0.1, -0.05) is 48.5 Å². The number of amides is 1. The fraction of sp³-hybridized carbons (Fsp3) is 0.333. The maximum absolute atomic E-state index is 12.5. The van der Waals surface area contributed by atoms with Crippen LogP contribution in [0.1, 0.15) is 35.2 Å². The van der Waals surface area contributed by atoms with Crippen molar-refractivity contribution in [3.8, 4) is 6.07 Å². The molecule has 2 aromatic carbocycles. The van der Waals surface area contributed by atoms with Gasteiger partial charge in [-0.3, -0.25) is 4.79 Å². The first-order chi connectivity index (χ1) is 11.7. The lowest BCUT2D eigenvalue weighted by molar-refractivity contribution is 0.0639. The number of rotatable bonds is 4. The molecule has 2 aromatic rings. The van der Waals surface area contributed by atoms with Crippen LogP contribution < -0.4 is 0 Å². The molecule has 3 heteroatoms. The van der Waals surface area contributed by atoms with E-state index in [-0.39, 0.29) is 11.3 Å². The Kier molecular flexibility index (Phi) is 4.96. The van der Waals surface area contributed by atoms with E-state index in [1.165, 1.54) is 5.56 Å². The van der Waals surface area contributed by atoms with Crippen molar-refractivity contribution in [3.05, 3.63) is 71.8 Å². The summed E-state index contributed by atoms with van der Waals surface area (Å²) in [6, 6.07) is 22.2. The van der Waals surface area contributed by atoms with E-state index < -0.39 is 0 Å². The normalized spacial score (nSPS) is 16.4. The molecule has 0 spiro atoms. The van der Waals surface area contributed by atoms with E-state index in [2.05, 4.69) is 18.2 Å². The molecule has 0 atom stereocenters. The molecule has 0 saturated carbocycles. The highest BCUT2D eigenvalue weighted by molar-refractivity contribution is 5.94. The van der Waals surface area contributed by atoms with E-state index in [0.29, 0.717) is 13.1 Å². The summed E-state index contributed by atoms with van der Waals surface area (Å²) in [7, 11) is 0. The lowest BCUT2D eigenvalue weighted by Gasteiger charge is -2.37. The first kappa shape index (κ1) is 16.3. The molecule has 0 N–H and O–H groups in total. The van der Waals surface area contributed by atoms with Crippen molar-refractivity contribution in [2.45, 2.75) is 25.7 Å². The van der Waals surface area contributed by atoms with E-state index in [9.17, 15) is 10.1 Å². The zero-order valence-corrected chi connectivity index (χ0v) is 13.8. The molecule has 1 saturated heterocycles. The van der Waals surface area contributed by atoms with Gasteiger partial charge in [-0.15, -0.1) is 0 Å². The maximum Gasteiger partial charge on any atom is 0.253 e. The van der Waals surface area contributed by atoms with Crippen LogP contribution in [-0.2, 0) is 6.42 Å². The molecule has 0 aliphatic carbocycles. The van der Waals surface area contributed by atoms with Gasteiger partial charge in [-0.25, -0.2) is 0 Å². The van der Waals surface area contributed by atoms with Gasteiger partial charge in [-0.05, 0) is 43.4 Å². The van der Waals surface area contributed by atoms with Crippen LogP contribution in [0, 0.1) is 16.7 Å². The van der Waals surface area contributed by atoms with Crippen molar-refractivity contribution in [3.63, 3.8) is 0 Å². The van der Waals surface area contributed by atoms with E-state index >= 15 is 0 Å². The highest BCUT2D eigenvalue weighted by atomic mass is 16.2. The number of benzene rings is 2. The molecule has 1 amide bonds. The topological polar surface area (TPSA) is 44.1 Å². The van der Waals surface area contributed by atoms with Gasteiger partial charge >= 0.3 is 0 Å². The summed E-state index contributed by atoms with van der Waals surface area (Å²) in [5.41, 5.74) is 1.70. The number of hydrogen-bond acceptors (Lipinski definition) is 2. The number of likely N-dealkylation sites (tertiary alicyclic amines) is 1. The van der Waals surface area contributed by atoms with Crippen LogP contribution in [-0.4, -0.2) is 23.9 Å². The summed E-state index contributed by atoms with van der Waals surface area (Å²) >= 11 is 0. The number of carbonyl (C=O) groups excluding carboxylic acids is 1. The number of aryl methyl sites for hydroxylation is 1. The quantitative estimate of drug-likeness (QED) is 0.853. The van der Waals surface area contributed by atoms with Gasteiger partial charge < -0.3 is 4.90 Å². The van der Waals surface area contributed by atoms with Gasteiger partial charge in [-0.2, -0.15) is 5.26 Å². The van der Waals surface area contributed by atoms with Crippen LogP contribution in [0.15, 0.2) is 60.7 Å². The van der Waals surface area contributed by atoms with E-state index in [1.807, 2.05) is 53.4 Å². The fourth-order valence-electron chi connectivity index (χ4n) is 3.35. The fourth-order valence-corrected chi connectivity index (χ4v) is 3.35. The molecule has 1 aliphatic heterocycles. The van der Waals surface area contributed by atoms with Crippen LogP contribution in [0.25, 0.3) is 0 Å². The minimum Gasteiger partial charge on any atom is -0.339 e. The number of hydrogen-bond donors (Lipinski definition) is 0. The summed E-state index contributed by atoms with van der Waals surface area (Å²) in [6.07, 6.45) is 3.30. The third-order valence-corrected chi connectivity index (χ3v) is 5.00. The Labute approximate surface area is 143 Å². The second kappa shape index (κ2) is 7.31. The van der Waals surface area contributed by atoms with Crippen LogP contribution in [0.5, 0.6) is 0 Å². The zero-order chi connectivity index (χ0) is 16.8. The Bertz CT molecular complexity index is 711. The minimum absolute atomic E-state index is 0.0743. The van der Waals surface area contributed by atoms with E-state index in [1.54, 1.807) is 0 Å². The molecule has 3 rings (SSSR count). The largest absolute Gasteiger partial charge is 0.339 e. The van der Waals surface area contributed by atoms with Gasteiger partial charge in [0.2, 0.25) is 0 Å². The second-order valence-electron chi connectivity index (χ2n) is 6.54. The lowest BCUT2D eigenvalue weighted by atomic mass is 9.75. The average molecular weight is 318 g/mol. The van der Waals surface area contributed by atoms with Crippen molar-refractivity contribution in [1.82, 2.24) is 4.90 Å². The van der Waals surface area contributed by atoms with E-state index in [0.717, 1.165) is 31.2 Å². The van der Waals surface area contributed by atoms with Gasteiger partial charge in [0.05, 0.1) is 11.5 Å². The van der Waals surface area contributed by atoms with Gasteiger partial charge in [0.25, 0.3) is 5.91 Å². The average Bonchev–Trinajstić information content (AvgIpc) is 2.68. The first-order valence-electron chi connectivity index (χ1n) is 8.52. The van der Waals surface area contributed by atoms with Crippen molar-refractivity contribution < 1.29 is 4.79 Å². The monoisotopic (exact) mass is 318 g/mol. The van der Waals surface area contributed by atoms with Crippen LogP contribution in [0.2, 0.25) is 0 Å². The van der Waals surface area contributed by atoms with Gasteiger partial charge in [0, 0.05) is 18.7 Å². The van der Waals surface area contributed by atoms with Crippen molar-refractivity contribution in [1.29, 1.82) is 5.26 Å². The molecular formula is C21H22N2O. The summed E-state index contributed by atoms with van der Waals surface area (Å²) in [6.45, 7) is 1.33. The smallest absolute Gasteiger partial charge is 0.253 e. The molecule has 3 nitrogen and oxygen atoms in total.